The van der Waals surface area contributed by atoms with Crippen LogP contribution in [-0.4, -0.2) is 0 Å². The van der Waals surface area contributed by atoms with Crippen molar-refractivity contribution in [3.63, 3.8) is 0 Å². The predicted molar refractivity (Wildman–Crippen MR) is 62.5 cm³/mol. The Kier molecular flexibility index (Phi) is 2.64. The summed E-state index contributed by atoms with van der Waals surface area (Å²) in [6.07, 6.45) is 5.31. The fraction of sp³-hybridized carbons (Fsp3) is 0.143. The number of allylic oxidation sites excluding steroid dienone is 2. The van der Waals surface area contributed by atoms with E-state index in [2.05, 4.69) is 61.5 Å². The van der Waals surface area contributed by atoms with Crippen LogP contribution in [0.1, 0.15) is 12.5 Å². The molecule has 0 aliphatic heterocycles. The summed E-state index contributed by atoms with van der Waals surface area (Å²) in [6.45, 7) is 2.06. The summed E-state index contributed by atoms with van der Waals surface area (Å²) in [5, 5.41) is 2.64. The minimum Gasteiger partial charge on any atom is -0.0913 e. The first kappa shape index (κ1) is 9.01. The Labute approximate surface area is 84.9 Å². The minimum atomic E-state index is 1.03. The Morgan fingerprint density at radius 3 is 2.57 bits per heavy atom. The highest BCUT2D eigenvalue weighted by molar-refractivity contribution is 5.83. The number of hydrogen-bond donors (Lipinski definition) is 0. The van der Waals surface area contributed by atoms with Crippen LogP contribution < -0.4 is 0 Å². The summed E-state index contributed by atoms with van der Waals surface area (Å²) < 4.78 is 0. The van der Waals surface area contributed by atoms with Gasteiger partial charge in [-0.05, 0) is 29.7 Å². The van der Waals surface area contributed by atoms with Crippen molar-refractivity contribution in [3.05, 3.63) is 60.2 Å². The summed E-state index contributed by atoms with van der Waals surface area (Å²) in [7, 11) is 0. The Morgan fingerprint density at radius 1 is 1.00 bits per heavy atom. The summed E-state index contributed by atoms with van der Waals surface area (Å²) in [5.41, 5.74) is 1.38. The molecule has 0 atom stereocenters. The zero-order valence-electron chi connectivity index (χ0n) is 8.40. The second-order valence-electron chi connectivity index (χ2n) is 3.45. The second-order valence-corrected chi connectivity index (χ2v) is 3.45. The first-order valence-electron chi connectivity index (χ1n) is 4.99. The van der Waals surface area contributed by atoms with Gasteiger partial charge in [-0.3, -0.25) is 0 Å². The Hall–Kier alpha value is -1.56. The molecule has 0 saturated heterocycles. The molecule has 2 aromatic rings. The summed E-state index contributed by atoms with van der Waals surface area (Å²) in [6, 6.07) is 15.1. The lowest BCUT2D eigenvalue weighted by atomic mass is 10.1. The van der Waals surface area contributed by atoms with E-state index in [1.165, 1.54) is 16.3 Å². The van der Waals surface area contributed by atoms with Gasteiger partial charge in [0.1, 0.15) is 0 Å². The molecule has 0 nitrogen and oxygen atoms in total. The van der Waals surface area contributed by atoms with Crippen LogP contribution in [0, 0.1) is 0 Å². The SMILES string of the molecule is CC=CCc1ccc2ccccc2c1. The molecule has 0 aromatic heterocycles. The van der Waals surface area contributed by atoms with Crippen LogP contribution in [0.2, 0.25) is 0 Å². The lowest BCUT2D eigenvalue weighted by molar-refractivity contribution is 1.27. The number of fused-ring (bicyclic) bond motifs is 1. The maximum Gasteiger partial charge on any atom is -0.00973 e. The predicted octanol–water partition coefficient (Wildman–Crippen LogP) is 3.96. The molecule has 2 rings (SSSR count). The molecule has 0 aliphatic rings. The van der Waals surface area contributed by atoms with E-state index in [9.17, 15) is 0 Å². The lowest BCUT2D eigenvalue weighted by Gasteiger charge is -2.00. The average molecular weight is 182 g/mol. The molecule has 0 saturated carbocycles. The Bertz CT molecular complexity index is 452. The fourth-order valence-electron chi connectivity index (χ4n) is 1.62. The molecule has 2 aromatic carbocycles. The number of benzene rings is 2. The van der Waals surface area contributed by atoms with Crippen molar-refractivity contribution in [3.8, 4) is 0 Å². The first-order valence-corrected chi connectivity index (χ1v) is 4.99. The second kappa shape index (κ2) is 4.10. The standard InChI is InChI=1S/C14H14/c1-2-3-6-12-9-10-13-7-4-5-8-14(13)11-12/h2-5,7-11H,6H2,1H3. The van der Waals surface area contributed by atoms with Crippen LogP contribution in [0.4, 0.5) is 0 Å². The molecule has 0 unspecified atom stereocenters. The molecule has 0 radical (unpaired) electrons. The minimum absolute atomic E-state index is 1.03. The first-order chi connectivity index (χ1) is 6.90. The lowest BCUT2D eigenvalue weighted by Crippen LogP contribution is -1.80. The van der Waals surface area contributed by atoms with Crippen molar-refractivity contribution in [2.75, 3.05) is 0 Å². The van der Waals surface area contributed by atoms with Gasteiger partial charge in [-0.25, -0.2) is 0 Å². The van der Waals surface area contributed by atoms with E-state index in [0.717, 1.165) is 6.42 Å². The molecular weight excluding hydrogens is 168 g/mol. The zero-order valence-corrected chi connectivity index (χ0v) is 8.40. The van der Waals surface area contributed by atoms with Crippen molar-refractivity contribution in [2.45, 2.75) is 13.3 Å². The third-order valence-electron chi connectivity index (χ3n) is 2.40. The molecule has 0 N–H and O–H groups in total. The van der Waals surface area contributed by atoms with Crippen molar-refractivity contribution < 1.29 is 0 Å². The van der Waals surface area contributed by atoms with Crippen molar-refractivity contribution in [2.24, 2.45) is 0 Å². The van der Waals surface area contributed by atoms with Crippen LogP contribution in [-0.2, 0) is 6.42 Å². The summed E-state index contributed by atoms with van der Waals surface area (Å²) in [5.74, 6) is 0. The zero-order chi connectivity index (χ0) is 9.80. The molecule has 0 spiro atoms. The third kappa shape index (κ3) is 1.85. The van der Waals surface area contributed by atoms with Crippen LogP contribution in [0.3, 0.4) is 0 Å². The van der Waals surface area contributed by atoms with Gasteiger partial charge in [0.25, 0.3) is 0 Å². The molecule has 0 heterocycles. The van der Waals surface area contributed by atoms with Gasteiger partial charge in [0.15, 0.2) is 0 Å². The molecule has 0 bridgehead atoms. The maximum atomic E-state index is 2.26. The normalized spacial score (nSPS) is 11.2. The molecule has 0 heteroatoms. The average Bonchev–Trinajstić information content (AvgIpc) is 2.26. The summed E-state index contributed by atoms with van der Waals surface area (Å²) >= 11 is 0. The van der Waals surface area contributed by atoms with E-state index in [-0.39, 0.29) is 0 Å². The molecule has 0 fully saturated rings. The van der Waals surface area contributed by atoms with E-state index in [0.29, 0.717) is 0 Å². The van der Waals surface area contributed by atoms with Crippen LogP contribution in [0.15, 0.2) is 54.6 Å². The highest BCUT2D eigenvalue weighted by atomic mass is 14.0. The van der Waals surface area contributed by atoms with Gasteiger partial charge < -0.3 is 0 Å². The maximum absolute atomic E-state index is 2.26. The van der Waals surface area contributed by atoms with E-state index in [1.54, 1.807) is 0 Å². The van der Waals surface area contributed by atoms with Crippen molar-refractivity contribution >= 4 is 10.8 Å². The monoisotopic (exact) mass is 182 g/mol. The molecular formula is C14H14. The fourth-order valence-corrected chi connectivity index (χ4v) is 1.62. The van der Waals surface area contributed by atoms with Crippen LogP contribution in [0.25, 0.3) is 10.8 Å². The quantitative estimate of drug-likeness (QED) is 0.617. The van der Waals surface area contributed by atoms with Crippen molar-refractivity contribution in [1.82, 2.24) is 0 Å². The van der Waals surface area contributed by atoms with Crippen molar-refractivity contribution in [1.29, 1.82) is 0 Å². The van der Waals surface area contributed by atoms with Gasteiger partial charge in [-0.1, -0.05) is 54.6 Å². The highest BCUT2D eigenvalue weighted by Crippen LogP contribution is 2.15. The smallest absolute Gasteiger partial charge is 0.00973 e. The Morgan fingerprint density at radius 2 is 1.79 bits per heavy atom. The van der Waals surface area contributed by atoms with Gasteiger partial charge in [0, 0.05) is 0 Å². The molecule has 14 heavy (non-hydrogen) atoms. The van der Waals surface area contributed by atoms with E-state index >= 15 is 0 Å². The van der Waals surface area contributed by atoms with E-state index < -0.39 is 0 Å². The van der Waals surface area contributed by atoms with E-state index in [4.69, 9.17) is 0 Å². The number of rotatable bonds is 2. The largest absolute Gasteiger partial charge is 0.0913 e. The van der Waals surface area contributed by atoms with Crippen LogP contribution >= 0.6 is 0 Å². The Balaban J connectivity index is 2.41. The molecule has 0 amide bonds. The summed E-state index contributed by atoms with van der Waals surface area (Å²) in [4.78, 5) is 0. The van der Waals surface area contributed by atoms with Gasteiger partial charge in [0.05, 0.1) is 0 Å². The third-order valence-corrected chi connectivity index (χ3v) is 2.40. The van der Waals surface area contributed by atoms with Gasteiger partial charge >= 0.3 is 0 Å². The van der Waals surface area contributed by atoms with Crippen LogP contribution in [0.5, 0.6) is 0 Å². The van der Waals surface area contributed by atoms with Gasteiger partial charge in [0.2, 0.25) is 0 Å². The topological polar surface area (TPSA) is 0 Å². The van der Waals surface area contributed by atoms with Gasteiger partial charge in [-0.2, -0.15) is 0 Å². The highest BCUT2D eigenvalue weighted by Gasteiger charge is 1.93. The molecule has 70 valence electrons. The van der Waals surface area contributed by atoms with E-state index in [1.807, 2.05) is 0 Å². The molecule has 0 aliphatic carbocycles. The number of hydrogen-bond acceptors (Lipinski definition) is 0. The van der Waals surface area contributed by atoms with Gasteiger partial charge in [-0.15, -0.1) is 0 Å².